The molecule has 0 spiro atoms. The van der Waals surface area contributed by atoms with Crippen LogP contribution in [-0.4, -0.2) is 47.8 Å². The minimum atomic E-state index is -0.650. The number of hydrogen-bond acceptors (Lipinski definition) is 5. The van der Waals surface area contributed by atoms with E-state index in [-0.39, 0.29) is 30.8 Å². The van der Waals surface area contributed by atoms with Crippen molar-refractivity contribution in [3.8, 4) is 5.75 Å². The predicted octanol–water partition coefficient (Wildman–Crippen LogP) is 3.78. The van der Waals surface area contributed by atoms with E-state index in [1.165, 1.54) is 4.90 Å². The van der Waals surface area contributed by atoms with E-state index in [4.69, 9.17) is 16.3 Å². The molecule has 36 heavy (non-hydrogen) atoms. The molecule has 2 aliphatic heterocycles. The second-order valence-electron chi connectivity index (χ2n) is 8.94. The van der Waals surface area contributed by atoms with Gasteiger partial charge in [0.05, 0.1) is 13.2 Å². The largest absolute Gasteiger partial charge is 0.493 e. The number of carbonyl (C=O) groups is 4. The van der Waals surface area contributed by atoms with Crippen LogP contribution >= 0.6 is 11.6 Å². The Balaban J connectivity index is 1.18. The lowest BCUT2D eigenvalue weighted by Gasteiger charge is -2.29. The Kier molecular flexibility index (Phi) is 8.10. The number of nitrogens with zero attached hydrogens (tertiary/aromatic N) is 1. The Bertz CT molecular complexity index is 1180. The number of rotatable bonds is 9. The monoisotopic (exact) mass is 512 g/mol. The quantitative estimate of drug-likeness (QED) is 0.349. The Morgan fingerprint density at radius 3 is 2.78 bits per heavy atom. The second kappa shape index (κ2) is 11.4. The standard InChI is InChI=1S/C26H29ClN4O5/c1-16-8-9-17(14-20(16)27)29-26(35)28-12-3-2-4-13-36-22-7-5-6-18-19(22)15-31(25(18)34)21-10-11-23(32)30-24(21)33/h5-9,14,21H,2-4,10-13,15H2,1H3,(H2,28,29,35)(H,30,32,33). The van der Waals surface area contributed by atoms with Gasteiger partial charge < -0.3 is 20.3 Å². The lowest BCUT2D eigenvalue weighted by molar-refractivity contribution is -0.136. The number of aryl methyl sites for hydroxylation is 1. The predicted molar refractivity (Wildman–Crippen MR) is 135 cm³/mol. The summed E-state index contributed by atoms with van der Waals surface area (Å²) >= 11 is 6.08. The fraction of sp³-hybridized carbons (Fsp3) is 0.385. The summed E-state index contributed by atoms with van der Waals surface area (Å²) in [5.74, 6) is -0.330. The van der Waals surface area contributed by atoms with Crippen molar-refractivity contribution in [2.45, 2.75) is 51.6 Å². The molecule has 1 fully saturated rings. The number of anilines is 1. The van der Waals surface area contributed by atoms with Crippen molar-refractivity contribution in [2.24, 2.45) is 0 Å². The molecule has 1 atom stereocenters. The van der Waals surface area contributed by atoms with Crippen LogP contribution in [0, 0.1) is 6.92 Å². The van der Waals surface area contributed by atoms with Crippen LogP contribution in [0.4, 0.5) is 10.5 Å². The highest BCUT2D eigenvalue weighted by Crippen LogP contribution is 2.33. The highest BCUT2D eigenvalue weighted by molar-refractivity contribution is 6.31. The summed E-state index contributed by atoms with van der Waals surface area (Å²) in [6.07, 6.45) is 2.97. The normalized spacial score (nSPS) is 17.0. The molecule has 0 aromatic heterocycles. The van der Waals surface area contributed by atoms with Crippen molar-refractivity contribution in [3.63, 3.8) is 0 Å². The zero-order valence-electron chi connectivity index (χ0n) is 20.1. The van der Waals surface area contributed by atoms with Gasteiger partial charge >= 0.3 is 6.03 Å². The molecule has 4 rings (SSSR count). The Labute approximate surface area is 214 Å². The van der Waals surface area contributed by atoms with Crippen molar-refractivity contribution in [1.29, 1.82) is 0 Å². The average molecular weight is 513 g/mol. The number of piperidine rings is 1. The van der Waals surface area contributed by atoms with Crippen molar-refractivity contribution >= 4 is 41.0 Å². The Morgan fingerprint density at radius 2 is 2.00 bits per heavy atom. The van der Waals surface area contributed by atoms with E-state index < -0.39 is 11.9 Å². The molecular weight excluding hydrogens is 484 g/mol. The maximum Gasteiger partial charge on any atom is 0.319 e. The molecular formula is C26H29ClN4O5. The van der Waals surface area contributed by atoms with Crippen molar-refractivity contribution in [1.82, 2.24) is 15.5 Å². The molecule has 1 unspecified atom stereocenters. The summed E-state index contributed by atoms with van der Waals surface area (Å²) in [5.41, 5.74) is 2.88. The molecule has 5 amide bonds. The second-order valence-corrected chi connectivity index (χ2v) is 9.34. The van der Waals surface area contributed by atoms with Crippen molar-refractivity contribution < 1.29 is 23.9 Å². The molecule has 0 bridgehead atoms. The number of amides is 5. The Morgan fingerprint density at radius 1 is 1.17 bits per heavy atom. The topological polar surface area (TPSA) is 117 Å². The number of unbranched alkanes of at least 4 members (excludes halogenated alkanes) is 2. The van der Waals surface area contributed by atoms with E-state index in [2.05, 4.69) is 16.0 Å². The van der Waals surface area contributed by atoms with Gasteiger partial charge in [0.1, 0.15) is 11.8 Å². The lowest BCUT2D eigenvalue weighted by Crippen LogP contribution is -2.52. The van der Waals surface area contributed by atoms with Gasteiger partial charge in [-0.1, -0.05) is 23.7 Å². The molecule has 0 saturated carbocycles. The molecule has 2 heterocycles. The number of ether oxygens (including phenoxy) is 1. The van der Waals surface area contributed by atoms with Crippen LogP contribution in [0.1, 0.15) is 53.6 Å². The minimum Gasteiger partial charge on any atom is -0.493 e. The SMILES string of the molecule is Cc1ccc(NC(=O)NCCCCCOc2cccc3c2CN(C2CCC(=O)NC2=O)C3=O)cc1Cl. The molecule has 2 aromatic rings. The van der Waals surface area contributed by atoms with Gasteiger partial charge in [-0.3, -0.25) is 19.7 Å². The number of nitrogens with one attached hydrogen (secondary N) is 3. The molecule has 1 saturated heterocycles. The van der Waals surface area contributed by atoms with Crippen molar-refractivity contribution in [3.05, 3.63) is 58.1 Å². The van der Waals surface area contributed by atoms with E-state index in [9.17, 15) is 19.2 Å². The summed E-state index contributed by atoms with van der Waals surface area (Å²) in [7, 11) is 0. The minimum absolute atomic E-state index is 0.219. The van der Waals surface area contributed by atoms with E-state index in [0.29, 0.717) is 41.6 Å². The van der Waals surface area contributed by atoms with Crippen LogP contribution in [0.2, 0.25) is 5.02 Å². The smallest absolute Gasteiger partial charge is 0.319 e. The lowest BCUT2D eigenvalue weighted by atomic mass is 10.0. The molecule has 0 aliphatic carbocycles. The zero-order valence-corrected chi connectivity index (χ0v) is 20.8. The number of halogens is 1. The van der Waals surface area contributed by atoms with E-state index in [0.717, 1.165) is 30.4 Å². The van der Waals surface area contributed by atoms with E-state index >= 15 is 0 Å². The highest BCUT2D eigenvalue weighted by Gasteiger charge is 2.40. The number of imide groups is 1. The summed E-state index contributed by atoms with van der Waals surface area (Å²) in [5, 5.41) is 8.50. The van der Waals surface area contributed by atoms with Crippen LogP contribution in [0.5, 0.6) is 5.75 Å². The van der Waals surface area contributed by atoms with Crippen LogP contribution in [0.15, 0.2) is 36.4 Å². The number of carbonyl (C=O) groups excluding carboxylic acids is 4. The highest BCUT2D eigenvalue weighted by atomic mass is 35.5. The first-order valence-electron chi connectivity index (χ1n) is 12.0. The van der Waals surface area contributed by atoms with Gasteiger partial charge in [0, 0.05) is 34.8 Å². The van der Waals surface area contributed by atoms with Crippen molar-refractivity contribution in [2.75, 3.05) is 18.5 Å². The van der Waals surface area contributed by atoms with Gasteiger partial charge in [-0.2, -0.15) is 0 Å². The summed E-state index contributed by atoms with van der Waals surface area (Å²) < 4.78 is 5.96. The van der Waals surface area contributed by atoms with Crippen LogP contribution in [0.25, 0.3) is 0 Å². The fourth-order valence-corrected chi connectivity index (χ4v) is 4.51. The van der Waals surface area contributed by atoms with Gasteiger partial charge in [-0.15, -0.1) is 0 Å². The number of fused-ring (bicyclic) bond motifs is 1. The molecule has 10 heteroatoms. The van der Waals surface area contributed by atoms with Crippen LogP contribution < -0.4 is 20.7 Å². The summed E-state index contributed by atoms with van der Waals surface area (Å²) in [6, 6.07) is 9.76. The number of hydrogen-bond donors (Lipinski definition) is 3. The maximum absolute atomic E-state index is 12.9. The van der Waals surface area contributed by atoms with Gasteiger partial charge in [0.15, 0.2) is 0 Å². The zero-order chi connectivity index (χ0) is 25.7. The van der Waals surface area contributed by atoms with Crippen LogP contribution in [-0.2, 0) is 16.1 Å². The third kappa shape index (κ3) is 5.96. The number of benzene rings is 2. The van der Waals surface area contributed by atoms with Gasteiger partial charge in [-0.05, 0) is 62.4 Å². The van der Waals surface area contributed by atoms with Crippen LogP contribution in [0.3, 0.4) is 0 Å². The molecule has 0 radical (unpaired) electrons. The summed E-state index contributed by atoms with van der Waals surface area (Å²) in [6.45, 7) is 3.18. The third-order valence-corrected chi connectivity index (χ3v) is 6.74. The van der Waals surface area contributed by atoms with Gasteiger partial charge in [0.2, 0.25) is 11.8 Å². The van der Waals surface area contributed by atoms with Gasteiger partial charge in [-0.25, -0.2) is 4.79 Å². The first-order valence-corrected chi connectivity index (χ1v) is 12.4. The molecule has 3 N–H and O–H groups in total. The number of urea groups is 1. The first-order chi connectivity index (χ1) is 17.3. The molecule has 9 nitrogen and oxygen atoms in total. The first kappa shape index (κ1) is 25.5. The third-order valence-electron chi connectivity index (χ3n) is 6.33. The maximum atomic E-state index is 12.9. The average Bonchev–Trinajstić information content (AvgIpc) is 3.18. The van der Waals surface area contributed by atoms with E-state index in [1.54, 1.807) is 24.3 Å². The molecule has 2 aliphatic rings. The van der Waals surface area contributed by atoms with E-state index in [1.807, 2.05) is 19.1 Å². The molecule has 190 valence electrons. The fourth-order valence-electron chi connectivity index (χ4n) is 4.33. The van der Waals surface area contributed by atoms with Gasteiger partial charge in [0.25, 0.3) is 5.91 Å². The Hall–Kier alpha value is -3.59. The molecule has 2 aromatic carbocycles. The summed E-state index contributed by atoms with van der Waals surface area (Å²) in [4.78, 5) is 50.1.